The zero-order chi connectivity index (χ0) is 17.9. The van der Waals surface area contributed by atoms with Crippen molar-refractivity contribution in [2.45, 2.75) is 43.0 Å². The number of piperidine rings is 2. The molecule has 3 rings (SSSR count). The summed E-state index contributed by atoms with van der Waals surface area (Å²) in [7, 11) is -4.05. The van der Waals surface area contributed by atoms with Crippen LogP contribution in [-0.2, 0) is 14.8 Å². The molecule has 2 aliphatic rings. The van der Waals surface area contributed by atoms with Crippen molar-refractivity contribution in [3.8, 4) is 0 Å². The lowest BCUT2D eigenvalue weighted by molar-refractivity contribution is 0.0245. The summed E-state index contributed by atoms with van der Waals surface area (Å²) in [5.74, 6) is -0.302. The van der Waals surface area contributed by atoms with Gasteiger partial charge in [0.15, 0.2) is 0 Å². The van der Waals surface area contributed by atoms with Gasteiger partial charge in [-0.1, -0.05) is 6.42 Å². The Morgan fingerprint density at radius 1 is 1.16 bits per heavy atom. The zero-order valence-corrected chi connectivity index (χ0v) is 14.8. The van der Waals surface area contributed by atoms with E-state index in [4.69, 9.17) is 4.74 Å². The van der Waals surface area contributed by atoms with E-state index in [2.05, 4.69) is 4.90 Å². The number of amides is 1. The van der Waals surface area contributed by atoms with Gasteiger partial charge in [-0.05, 0) is 63.0 Å². The first-order valence-electron chi connectivity index (χ1n) is 8.65. The number of rotatable bonds is 4. The lowest BCUT2D eigenvalue weighted by Gasteiger charge is -2.44. The predicted octanol–water partition coefficient (Wildman–Crippen LogP) is 2.51. The number of nitrogens with one attached hydrogen (secondary N) is 1. The Labute approximate surface area is 147 Å². The Hall–Kier alpha value is -1.67. The van der Waals surface area contributed by atoms with Gasteiger partial charge in [0.25, 0.3) is 10.0 Å². The topological polar surface area (TPSA) is 75.7 Å². The second kappa shape index (κ2) is 7.70. The predicted molar refractivity (Wildman–Crippen MR) is 90.0 cm³/mol. The van der Waals surface area contributed by atoms with Gasteiger partial charge in [0, 0.05) is 12.0 Å². The first-order chi connectivity index (χ1) is 12.0. The average molecular weight is 370 g/mol. The number of carbonyl (C=O) groups excluding carboxylic acids is 1. The van der Waals surface area contributed by atoms with E-state index in [1.807, 2.05) is 4.72 Å². The van der Waals surface area contributed by atoms with Gasteiger partial charge in [-0.15, -0.1) is 0 Å². The summed E-state index contributed by atoms with van der Waals surface area (Å²) in [5, 5.41) is 0. The minimum atomic E-state index is -4.05. The number of fused-ring (bicyclic) bond motifs is 1. The highest BCUT2D eigenvalue weighted by Crippen LogP contribution is 2.31. The van der Waals surface area contributed by atoms with Crippen LogP contribution >= 0.6 is 0 Å². The highest BCUT2D eigenvalue weighted by Gasteiger charge is 2.33. The number of hydrogen-bond acceptors (Lipinski definition) is 5. The summed E-state index contributed by atoms with van der Waals surface area (Å²) in [4.78, 5) is 14.2. The van der Waals surface area contributed by atoms with Gasteiger partial charge in [-0.3, -0.25) is 4.90 Å². The van der Waals surface area contributed by atoms with Crippen molar-refractivity contribution in [2.24, 2.45) is 5.92 Å². The number of carbonyl (C=O) groups is 1. The summed E-state index contributed by atoms with van der Waals surface area (Å²) in [6.07, 6.45) is 4.56. The second-order valence-corrected chi connectivity index (χ2v) is 8.34. The minimum Gasteiger partial charge on any atom is -0.448 e. The highest BCUT2D eigenvalue weighted by atomic mass is 32.2. The van der Waals surface area contributed by atoms with Gasteiger partial charge in [-0.2, -0.15) is 0 Å². The molecule has 0 aliphatic carbocycles. The minimum absolute atomic E-state index is 0.179. The molecular formula is C17H23FN2O4S. The SMILES string of the molecule is O=C(NS(=O)(=O)c1ccc(F)cc1)OC[C@@H]1CCCN2CCCC[C@H]12. The van der Waals surface area contributed by atoms with Gasteiger partial charge >= 0.3 is 6.09 Å². The highest BCUT2D eigenvalue weighted by molar-refractivity contribution is 7.90. The van der Waals surface area contributed by atoms with E-state index in [0.29, 0.717) is 6.04 Å². The van der Waals surface area contributed by atoms with Gasteiger partial charge in [-0.25, -0.2) is 22.3 Å². The summed E-state index contributed by atoms with van der Waals surface area (Å²) >= 11 is 0. The van der Waals surface area contributed by atoms with Crippen molar-refractivity contribution < 1.29 is 22.3 Å². The van der Waals surface area contributed by atoms with Crippen LogP contribution in [0.25, 0.3) is 0 Å². The number of benzene rings is 1. The number of hydrogen-bond donors (Lipinski definition) is 1. The van der Waals surface area contributed by atoms with E-state index in [1.165, 1.54) is 12.8 Å². The lowest BCUT2D eigenvalue weighted by Crippen LogP contribution is -2.49. The van der Waals surface area contributed by atoms with Crippen LogP contribution in [0.1, 0.15) is 32.1 Å². The summed E-state index contributed by atoms with van der Waals surface area (Å²) in [5.41, 5.74) is 0. The Morgan fingerprint density at radius 3 is 2.64 bits per heavy atom. The van der Waals surface area contributed by atoms with Crippen molar-refractivity contribution in [1.29, 1.82) is 0 Å². The smallest absolute Gasteiger partial charge is 0.421 e. The van der Waals surface area contributed by atoms with Crippen LogP contribution in [0.2, 0.25) is 0 Å². The van der Waals surface area contributed by atoms with E-state index >= 15 is 0 Å². The molecule has 8 heteroatoms. The van der Waals surface area contributed by atoms with Crippen LogP contribution in [0.4, 0.5) is 9.18 Å². The lowest BCUT2D eigenvalue weighted by atomic mass is 9.84. The molecule has 0 aromatic heterocycles. The third-order valence-electron chi connectivity index (χ3n) is 5.00. The average Bonchev–Trinajstić information content (AvgIpc) is 2.60. The standard InChI is InChI=1S/C17H23FN2O4S/c18-14-6-8-15(9-7-14)25(22,23)19-17(21)24-12-13-4-3-11-20-10-2-1-5-16(13)20/h6-9,13,16H,1-5,10-12H2,(H,19,21)/t13-,16+/m0/s1. The van der Waals surface area contributed by atoms with Crippen LogP contribution in [0.5, 0.6) is 0 Å². The third kappa shape index (κ3) is 4.49. The largest absolute Gasteiger partial charge is 0.448 e. The van der Waals surface area contributed by atoms with Crippen LogP contribution in [0.15, 0.2) is 29.2 Å². The molecule has 25 heavy (non-hydrogen) atoms. The Bertz CT molecular complexity index is 706. The first-order valence-corrected chi connectivity index (χ1v) is 10.1. The number of nitrogens with zero attached hydrogens (tertiary/aromatic N) is 1. The van der Waals surface area contributed by atoms with Gasteiger partial charge in [0.2, 0.25) is 0 Å². The summed E-state index contributed by atoms with van der Waals surface area (Å²) in [6, 6.07) is 4.68. The molecule has 2 heterocycles. The molecule has 0 bridgehead atoms. The molecule has 1 aromatic carbocycles. The third-order valence-corrected chi connectivity index (χ3v) is 6.33. The second-order valence-electron chi connectivity index (χ2n) is 6.66. The normalized spacial score (nSPS) is 24.4. The molecule has 0 unspecified atom stereocenters. The molecule has 2 atom stereocenters. The molecule has 1 amide bonds. The zero-order valence-electron chi connectivity index (χ0n) is 14.0. The Balaban J connectivity index is 1.54. The van der Waals surface area contributed by atoms with E-state index < -0.39 is 21.9 Å². The maximum Gasteiger partial charge on any atom is 0.421 e. The van der Waals surface area contributed by atoms with E-state index in [0.717, 1.165) is 56.6 Å². The molecule has 2 saturated heterocycles. The number of sulfonamides is 1. The Morgan fingerprint density at radius 2 is 1.88 bits per heavy atom. The van der Waals surface area contributed by atoms with Gasteiger partial charge in [0.05, 0.1) is 11.5 Å². The van der Waals surface area contributed by atoms with E-state index in [1.54, 1.807) is 0 Å². The number of ether oxygens (including phenoxy) is 1. The molecule has 6 nitrogen and oxygen atoms in total. The molecule has 2 fully saturated rings. The quantitative estimate of drug-likeness (QED) is 0.881. The molecular weight excluding hydrogens is 347 g/mol. The maximum absolute atomic E-state index is 12.9. The van der Waals surface area contributed by atoms with E-state index in [9.17, 15) is 17.6 Å². The van der Waals surface area contributed by atoms with Crippen molar-refractivity contribution in [3.05, 3.63) is 30.1 Å². The molecule has 0 radical (unpaired) electrons. The van der Waals surface area contributed by atoms with Crippen molar-refractivity contribution in [3.63, 3.8) is 0 Å². The monoisotopic (exact) mass is 370 g/mol. The molecule has 1 aromatic rings. The molecule has 0 spiro atoms. The fraction of sp³-hybridized carbons (Fsp3) is 0.588. The van der Waals surface area contributed by atoms with Crippen molar-refractivity contribution in [1.82, 2.24) is 9.62 Å². The number of halogens is 1. The fourth-order valence-electron chi connectivity index (χ4n) is 3.77. The fourth-order valence-corrected chi connectivity index (χ4v) is 4.66. The molecule has 2 aliphatic heterocycles. The van der Waals surface area contributed by atoms with Crippen LogP contribution in [0, 0.1) is 11.7 Å². The van der Waals surface area contributed by atoms with Gasteiger partial charge < -0.3 is 4.74 Å². The molecule has 0 saturated carbocycles. The first kappa shape index (κ1) is 18.1. The molecule has 1 N–H and O–H groups in total. The summed E-state index contributed by atoms with van der Waals surface area (Å²) in [6.45, 7) is 2.39. The van der Waals surface area contributed by atoms with Crippen molar-refractivity contribution >= 4 is 16.1 Å². The Kier molecular flexibility index (Phi) is 5.58. The van der Waals surface area contributed by atoms with E-state index in [-0.39, 0.29) is 17.4 Å². The van der Waals surface area contributed by atoms with Crippen LogP contribution in [0.3, 0.4) is 0 Å². The maximum atomic E-state index is 12.9. The van der Waals surface area contributed by atoms with Gasteiger partial charge in [0.1, 0.15) is 5.82 Å². The van der Waals surface area contributed by atoms with Crippen molar-refractivity contribution in [2.75, 3.05) is 19.7 Å². The molecule has 138 valence electrons. The summed E-state index contributed by atoms with van der Waals surface area (Å²) < 4.78 is 44.1. The van der Waals surface area contributed by atoms with Crippen LogP contribution < -0.4 is 4.72 Å². The van der Waals surface area contributed by atoms with Crippen LogP contribution in [-0.4, -0.2) is 45.1 Å².